The smallest absolute Gasteiger partial charge is 0.132 e. The number of H-pyrrole nitrogens is 1. The molecule has 0 amide bonds. The molecule has 0 unspecified atom stereocenters. The maximum atomic E-state index is 13.7. The number of rotatable bonds is 2. The van der Waals surface area contributed by atoms with Gasteiger partial charge in [0.05, 0.1) is 17.4 Å². The highest BCUT2D eigenvalue weighted by atomic mass is 19.1. The maximum absolute atomic E-state index is 13.7. The van der Waals surface area contributed by atoms with Crippen molar-refractivity contribution in [2.24, 2.45) is 5.73 Å². The Labute approximate surface area is 109 Å². The molecule has 1 heterocycles. The van der Waals surface area contributed by atoms with Gasteiger partial charge < -0.3 is 10.7 Å². The van der Waals surface area contributed by atoms with Crippen molar-refractivity contribution in [2.45, 2.75) is 31.2 Å². The van der Waals surface area contributed by atoms with E-state index in [-0.39, 0.29) is 5.56 Å². The number of benzene rings is 1. The molecule has 0 aliphatic heterocycles. The van der Waals surface area contributed by atoms with Crippen LogP contribution in [0.25, 0.3) is 11.3 Å². The van der Waals surface area contributed by atoms with Gasteiger partial charge in [-0.1, -0.05) is 12.8 Å². The first kappa shape index (κ1) is 12.3. The van der Waals surface area contributed by atoms with Crippen molar-refractivity contribution in [1.82, 2.24) is 9.97 Å². The van der Waals surface area contributed by atoms with Crippen LogP contribution < -0.4 is 5.73 Å². The van der Waals surface area contributed by atoms with Gasteiger partial charge in [-0.15, -0.1) is 0 Å². The summed E-state index contributed by atoms with van der Waals surface area (Å²) < 4.78 is 26.9. The van der Waals surface area contributed by atoms with E-state index in [0.717, 1.165) is 43.9 Å². The molecule has 1 aliphatic rings. The molecule has 0 bridgehead atoms. The van der Waals surface area contributed by atoms with Crippen LogP contribution >= 0.6 is 0 Å². The Morgan fingerprint density at radius 3 is 2.68 bits per heavy atom. The SMILES string of the molecule is NC1(c2ncc(-c3cc(F)ccc3F)[nH]2)CCCC1. The third kappa shape index (κ3) is 2.14. The summed E-state index contributed by atoms with van der Waals surface area (Å²) in [5.74, 6) is -0.298. The highest BCUT2D eigenvalue weighted by Crippen LogP contribution is 2.35. The van der Waals surface area contributed by atoms with E-state index in [0.29, 0.717) is 11.5 Å². The Bertz CT molecular complexity index is 600. The molecular formula is C14H15F2N3. The second kappa shape index (κ2) is 4.42. The van der Waals surface area contributed by atoms with Crippen molar-refractivity contribution in [2.75, 3.05) is 0 Å². The molecular weight excluding hydrogens is 248 g/mol. The molecule has 3 N–H and O–H groups in total. The van der Waals surface area contributed by atoms with E-state index >= 15 is 0 Å². The number of hydrogen-bond donors (Lipinski definition) is 2. The highest BCUT2D eigenvalue weighted by Gasteiger charge is 2.34. The van der Waals surface area contributed by atoms with Gasteiger partial charge in [-0.05, 0) is 31.0 Å². The molecule has 1 aromatic carbocycles. The third-order valence-electron chi connectivity index (χ3n) is 3.76. The van der Waals surface area contributed by atoms with Crippen molar-refractivity contribution in [3.63, 3.8) is 0 Å². The van der Waals surface area contributed by atoms with E-state index in [9.17, 15) is 8.78 Å². The van der Waals surface area contributed by atoms with Gasteiger partial charge >= 0.3 is 0 Å². The van der Waals surface area contributed by atoms with Crippen LogP contribution in [0.1, 0.15) is 31.5 Å². The molecule has 0 spiro atoms. The van der Waals surface area contributed by atoms with Gasteiger partial charge in [-0.25, -0.2) is 13.8 Å². The summed E-state index contributed by atoms with van der Waals surface area (Å²) in [5, 5.41) is 0. The summed E-state index contributed by atoms with van der Waals surface area (Å²) >= 11 is 0. The minimum atomic E-state index is -0.478. The Kier molecular flexibility index (Phi) is 2.86. The van der Waals surface area contributed by atoms with E-state index in [1.807, 2.05) is 0 Å². The molecule has 1 aromatic heterocycles. The molecule has 3 rings (SSSR count). The summed E-state index contributed by atoms with van der Waals surface area (Å²) in [4.78, 5) is 7.28. The molecule has 0 radical (unpaired) electrons. The van der Waals surface area contributed by atoms with Crippen LogP contribution in [0, 0.1) is 11.6 Å². The molecule has 1 aliphatic carbocycles. The standard InChI is InChI=1S/C14H15F2N3/c15-9-3-4-11(16)10(7-9)12-8-18-13(19-12)14(17)5-1-2-6-14/h3-4,7-8H,1-2,5-6,17H2,(H,18,19). The van der Waals surface area contributed by atoms with Crippen molar-refractivity contribution in [3.8, 4) is 11.3 Å². The van der Waals surface area contributed by atoms with Gasteiger partial charge in [0.25, 0.3) is 0 Å². The lowest BCUT2D eigenvalue weighted by Crippen LogP contribution is -2.34. The summed E-state index contributed by atoms with van der Waals surface area (Å²) in [6.45, 7) is 0. The number of nitrogens with zero attached hydrogens (tertiary/aromatic N) is 1. The predicted molar refractivity (Wildman–Crippen MR) is 68.3 cm³/mol. The predicted octanol–water partition coefficient (Wildman–Crippen LogP) is 3.08. The molecule has 19 heavy (non-hydrogen) atoms. The number of aromatic amines is 1. The van der Waals surface area contributed by atoms with E-state index in [4.69, 9.17) is 5.73 Å². The number of nitrogens with one attached hydrogen (secondary N) is 1. The quantitative estimate of drug-likeness (QED) is 0.874. The van der Waals surface area contributed by atoms with Crippen LogP contribution in [-0.4, -0.2) is 9.97 Å². The molecule has 5 heteroatoms. The Morgan fingerprint density at radius 1 is 1.21 bits per heavy atom. The number of hydrogen-bond acceptors (Lipinski definition) is 2. The first-order valence-corrected chi connectivity index (χ1v) is 6.38. The van der Waals surface area contributed by atoms with Crippen LogP contribution in [-0.2, 0) is 5.54 Å². The second-order valence-corrected chi connectivity index (χ2v) is 5.13. The second-order valence-electron chi connectivity index (χ2n) is 5.13. The number of halogens is 2. The maximum Gasteiger partial charge on any atom is 0.132 e. The zero-order chi connectivity index (χ0) is 13.5. The van der Waals surface area contributed by atoms with Gasteiger partial charge in [-0.2, -0.15) is 0 Å². The molecule has 1 saturated carbocycles. The first-order chi connectivity index (χ1) is 9.08. The van der Waals surface area contributed by atoms with Crippen molar-refractivity contribution < 1.29 is 8.78 Å². The van der Waals surface area contributed by atoms with Crippen LogP contribution in [0.3, 0.4) is 0 Å². The molecule has 0 saturated heterocycles. The van der Waals surface area contributed by atoms with E-state index in [1.165, 1.54) is 6.20 Å². The summed E-state index contributed by atoms with van der Waals surface area (Å²) in [5.41, 5.74) is 6.46. The summed E-state index contributed by atoms with van der Waals surface area (Å²) in [7, 11) is 0. The van der Waals surface area contributed by atoms with Gasteiger partial charge in [0.2, 0.25) is 0 Å². The average molecular weight is 263 g/mol. The van der Waals surface area contributed by atoms with Crippen molar-refractivity contribution in [1.29, 1.82) is 0 Å². The lowest BCUT2D eigenvalue weighted by atomic mass is 9.99. The van der Waals surface area contributed by atoms with Crippen LogP contribution in [0.5, 0.6) is 0 Å². The zero-order valence-corrected chi connectivity index (χ0v) is 10.4. The minimum Gasteiger partial charge on any atom is -0.340 e. The topological polar surface area (TPSA) is 54.7 Å². The molecule has 3 nitrogen and oxygen atoms in total. The fourth-order valence-electron chi connectivity index (χ4n) is 2.66. The Balaban J connectivity index is 1.99. The van der Waals surface area contributed by atoms with Crippen LogP contribution in [0.2, 0.25) is 0 Å². The average Bonchev–Trinajstić information content (AvgIpc) is 3.02. The molecule has 2 aromatic rings. The normalized spacial score (nSPS) is 17.8. The van der Waals surface area contributed by atoms with Gasteiger partial charge in [-0.3, -0.25) is 0 Å². The fraction of sp³-hybridized carbons (Fsp3) is 0.357. The summed E-state index contributed by atoms with van der Waals surface area (Å²) in [6, 6.07) is 3.36. The van der Waals surface area contributed by atoms with Gasteiger partial charge in [0, 0.05) is 5.56 Å². The van der Waals surface area contributed by atoms with Crippen molar-refractivity contribution >= 4 is 0 Å². The third-order valence-corrected chi connectivity index (χ3v) is 3.76. The first-order valence-electron chi connectivity index (χ1n) is 6.38. The molecule has 1 fully saturated rings. The number of aromatic nitrogens is 2. The monoisotopic (exact) mass is 263 g/mol. The summed E-state index contributed by atoms with van der Waals surface area (Å²) in [6.07, 6.45) is 5.39. The Morgan fingerprint density at radius 2 is 1.95 bits per heavy atom. The molecule has 100 valence electrons. The van der Waals surface area contributed by atoms with Gasteiger partial charge in [0.1, 0.15) is 17.5 Å². The van der Waals surface area contributed by atoms with Crippen LogP contribution in [0.15, 0.2) is 24.4 Å². The van der Waals surface area contributed by atoms with Crippen LogP contribution in [0.4, 0.5) is 8.78 Å². The van der Waals surface area contributed by atoms with Crippen molar-refractivity contribution in [3.05, 3.63) is 41.9 Å². The van der Waals surface area contributed by atoms with E-state index < -0.39 is 17.2 Å². The highest BCUT2D eigenvalue weighted by molar-refractivity contribution is 5.59. The van der Waals surface area contributed by atoms with E-state index in [1.54, 1.807) is 0 Å². The number of nitrogens with two attached hydrogens (primary N) is 1. The van der Waals surface area contributed by atoms with E-state index in [2.05, 4.69) is 9.97 Å². The van der Waals surface area contributed by atoms with Gasteiger partial charge in [0.15, 0.2) is 0 Å². The molecule has 0 atom stereocenters. The number of imidazole rings is 1. The largest absolute Gasteiger partial charge is 0.340 e. The Hall–Kier alpha value is -1.75. The minimum absolute atomic E-state index is 0.181. The lowest BCUT2D eigenvalue weighted by Gasteiger charge is -2.20. The fourth-order valence-corrected chi connectivity index (χ4v) is 2.66. The lowest BCUT2D eigenvalue weighted by molar-refractivity contribution is 0.436. The zero-order valence-electron chi connectivity index (χ0n) is 10.4.